The molecule has 29 heavy (non-hydrogen) atoms. The second-order valence-electron chi connectivity index (χ2n) is 7.29. The number of rotatable bonds is 2. The van der Waals surface area contributed by atoms with Crippen LogP contribution < -0.4 is 0 Å². The summed E-state index contributed by atoms with van der Waals surface area (Å²) in [5.41, 5.74) is 1.72. The highest BCUT2D eigenvalue weighted by molar-refractivity contribution is 5.62. The summed E-state index contributed by atoms with van der Waals surface area (Å²) in [6.07, 6.45) is -3.73. The number of fused-ring (bicyclic) bond motifs is 1. The minimum Gasteiger partial charge on any atom is -0.302 e. The van der Waals surface area contributed by atoms with Crippen molar-refractivity contribution < 1.29 is 17.6 Å². The molecule has 2 aromatic carbocycles. The normalized spacial score (nSPS) is 17.6. The minimum atomic E-state index is -4.58. The predicted octanol–water partition coefficient (Wildman–Crippen LogP) is 5.27. The Bertz CT molecular complexity index is 1000. The lowest BCUT2D eigenvalue weighted by atomic mass is 9.85. The molecule has 0 amide bonds. The van der Waals surface area contributed by atoms with Gasteiger partial charge >= 0.3 is 6.18 Å². The molecule has 4 rings (SSSR count). The average molecular weight is 401 g/mol. The lowest BCUT2D eigenvalue weighted by molar-refractivity contribution is -0.141. The Hall–Kier alpha value is -2.80. The van der Waals surface area contributed by atoms with E-state index in [4.69, 9.17) is 0 Å². The van der Waals surface area contributed by atoms with E-state index in [0.29, 0.717) is 12.1 Å². The largest absolute Gasteiger partial charge is 0.435 e. The quantitative estimate of drug-likeness (QED) is 0.548. The van der Waals surface area contributed by atoms with Gasteiger partial charge in [0.1, 0.15) is 5.82 Å². The summed E-state index contributed by atoms with van der Waals surface area (Å²) in [6.45, 7) is 1.23. The average Bonchev–Trinajstić information content (AvgIpc) is 2.87. The van der Waals surface area contributed by atoms with Gasteiger partial charge in [-0.15, -0.1) is 10.2 Å². The van der Waals surface area contributed by atoms with Crippen molar-refractivity contribution in [3.05, 3.63) is 82.8 Å². The molecule has 0 saturated carbocycles. The number of benzene rings is 2. The summed E-state index contributed by atoms with van der Waals surface area (Å²) >= 11 is 0. The highest BCUT2D eigenvalue weighted by Gasteiger charge is 2.33. The van der Waals surface area contributed by atoms with Crippen molar-refractivity contribution in [3.8, 4) is 11.3 Å². The first-order chi connectivity index (χ1) is 13.8. The molecule has 1 aliphatic rings. The molecule has 3 nitrogen and oxygen atoms in total. The van der Waals surface area contributed by atoms with E-state index in [2.05, 4.69) is 10.2 Å². The van der Waals surface area contributed by atoms with Crippen molar-refractivity contribution in [3.63, 3.8) is 0 Å². The Morgan fingerprint density at radius 1 is 0.966 bits per heavy atom. The highest BCUT2D eigenvalue weighted by Crippen LogP contribution is 2.37. The molecule has 3 aromatic rings. The van der Waals surface area contributed by atoms with Gasteiger partial charge in [0.2, 0.25) is 0 Å². The summed E-state index contributed by atoms with van der Waals surface area (Å²) in [5, 5.41) is 6.84. The summed E-state index contributed by atoms with van der Waals surface area (Å²) in [4.78, 5) is 2.05. The Labute approximate surface area is 166 Å². The summed E-state index contributed by atoms with van der Waals surface area (Å²) in [7, 11) is 1.93. The lowest BCUT2D eigenvalue weighted by Gasteiger charge is -2.19. The molecule has 1 unspecified atom stereocenters. The molecule has 0 spiro atoms. The van der Waals surface area contributed by atoms with Crippen LogP contribution in [0.1, 0.15) is 34.7 Å². The zero-order valence-electron chi connectivity index (χ0n) is 15.7. The fraction of sp³-hybridized carbons (Fsp3) is 0.273. The first-order valence-electron chi connectivity index (χ1n) is 9.30. The van der Waals surface area contributed by atoms with Crippen LogP contribution >= 0.6 is 0 Å². The molecule has 7 heteroatoms. The first kappa shape index (κ1) is 19.5. The zero-order valence-corrected chi connectivity index (χ0v) is 15.7. The van der Waals surface area contributed by atoms with Crippen LogP contribution in [0.3, 0.4) is 0 Å². The zero-order chi connectivity index (χ0) is 20.6. The van der Waals surface area contributed by atoms with Crippen LogP contribution in [-0.4, -0.2) is 28.7 Å². The summed E-state index contributed by atoms with van der Waals surface area (Å²) in [5.74, 6) is -0.398. The molecule has 0 fully saturated rings. The number of alkyl halides is 3. The van der Waals surface area contributed by atoms with Crippen LogP contribution in [0.5, 0.6) is 0 Å². The number of halogens is 4. The second kappa shape index (κ2) is 7.55. The van der Waals surface area contributed by atoms with E-state index in [1.54, 1.807) is 6.07 Å². The van der Waals surface area contributed by atoms with Gasteiger partial charge in [-0.3, -0.25) is 0 Å². The second-order valence-corrected chi connectivity index (χ2v) is 7.29. The van der Waals surface area contributed by atoms with Crippen molar-refractivity contribution in [1.29, 1.82) is 0 Å². The SMILES string of the molecule is CN1CCC(c2ccccc2)c2ccc(-c3ccc(C(F)(F)F)nn3)c(F)c2C1. The van der Waals surface area contributed by atoms with E-state index in [9.17, 15) is 13.2 Å². The summed E-state index contributed by atoms with van der Waals surface area (Å²) < 4.78 is 53.7. The number of hydrogen-bond acceptors (Lipinski definition) is 3. The van der Waals surface area contributed by atoms with E-state index in [-0.39, 0.29) is 17.2 Å². The molecule has 150 valence electrons. The van der Waals surface area contributed by atoms with Gasteiger partial charge in [-0.25, -0.2) is 4.39 Å². The first-order valence-corrected chi connectivity index (χ1v) is 9.30. The molecule has 0 bridgehead atoms. The Kier molecular flexibility index (Phi) is 5.08. The van der Waals surface area contributed by atoms with Gasteiger partial charge in [0.25, 0.3) is 0 Å². The van der Waals surface area contributed by atoms with Gasteiger partial charge in [-0.1, -0.05) is 36.4 Å². The van der Waals surface area contributed by atoms with Gasteiger partial charge < -0.3 is 4.90 Å². The van der Waals surface area contributed by atoms with E-state index in [0.717, 1.165) is 36.2 Å². The van der Waals surface area contributed by atoms with E-state index in [1.807, 2.05) is 48.3 Å². The topological polar surface area (TPSA) is 29.0 Å². The molecule has 2 heterocycles. The molecule has 0 saturated heterocycles. The van der Waals surface area contributed by atoms with Gasteiger partial charge in [-0.05, 0) is 49.3 Å². The molecule has 0 radical (unpaired) electrons. The molecule has 1 atom stereocenters. The monoisotopic (exact) mass is 401 g/mol. The lowest BCUT2D eigenvalue weighted by Crippen LogP contribution is -2.18. The Morgan fingerprint density at radius 2 is 1.72 bits per heavy atom. The third kappa shape index (κ3) is 3.87. The van der Waals surface area contributed by atoms with E-state index in [1.165, 1.54) is 0 Å². The third-order valence-corrected chi connectivity index (χ3v) is 5.32. The number of aromatic nitrogens is 2. The Balaban J connectivity index is 1.78. The maximum atomic E-state index is 15.5. The maximum absolute atomic E-state index is 15.5. The highest BCUT2D eigenvalue weighted by atomic mass is 19.4. The minimum absolute atomic E-state index is 0.0541. The van der Waals surface area contributed by atoms with Crippen molar-refractivity contribution in [2.24, 2.45) is 0 Å². The predicted molar refractivity (Wildman–Crippen MR) is 102 cm³/mol. The van der Waals surface area contributed by atoms with E-state index < -0.39 is 17.7 Å². The van der Waals surface area contributed by atoms with Crippen LogP contribution in [0, 0.1) is 5.82 Å². The Morgan fingerprint density at radius 3 is 2.38 bits per heavy atom. The van der Waals surface area contributed by atoms with Crippen LogP contribution in [0.15, 0.2) is 54.6 Å². The van der Waals surface area contributed by atoms with Crippen molar-refractivity contribution >= 4 is 0 Å². The van der Waals surface area contributed by atoms with Crippen LogP contribution in [-0.2, 0) is 12.7 Å². The van der Waals surface area contributed by atoms with Crippen molar-refractivity contribution in [2.45, 2.75) is 25.1 Å². The number of nitrogens with zero attached hydrogens (tertiary/aromatic N) is 3. The van der Waals surface area contributed by atoms with Crippen molar-refractivity contribution in [2.75, 3.05) is 13.6 Å². The van der Waals surface area contributed by atoms with Crippen LogP contribution in [0.2, 0.25) is 0 Å². The molecular formula is C22H19F4N3. The molecule has 0 aliphatic carbocycles. The van der Waals surface area contributed by atoms with Crippen LogP contribution in [0.25, 0.3) is 11.3 Å². The van der Waals surface area contributed by atoms with Crippen LogP contribution in [0.4, 0.5) is 17.6 Å². The number of hydrogen-bond donors (Lipinski definition) is 0. The fourth-order valence-corrected chi connectivity index (χ4v) is 3.83. The molecule has 1 aromatic heterocycles. The fourth-order valence-electron chi connectivity index (χ4n) is 3.83. The van der Waals surface area contributed by atoms with Gasteiger partial charge in [0, 0.05) is 23.6 Å². The molecule has 0 N–H and O–H groups in total. The van der Waals surface area contributed by atoms with Gasteiger partial charge in [-0.2, -0.15) is 13.2 Å². The molecular weight excluding hydrogens is 382 g/mol. The summed E-state index contributed by atoms with van der Waals surface area (Å²) in [6, 6.07) is 15.4. The smallest absolute Gasteiger partial charge is 0.302 e. The van der Waals surface area contributed by atoms with Gasteiger partial charge in [0.15, 0.2) is 5.69 Å². The standard InChI is InChI=1S/C22H19F4N3/c1-29-12-11-15(14-5-3-2-4-6-14)16-7-8-17(21(23)18(16)13-29)19-9-10-20(28-27-19)22(24,25)26/h2-10,15H,11-13H2,1H3. The molecule has 1 aliphatic heterocycles. The van der Waals surface area contributed by atoms with Crippen molar-refractivity contribution in [1.82, 2.24) is 15.1 Å². The van der Waals surface area contributed by atoms with E-state index >= 15 is 4.39 Å². The van der Waals surface area contributed by atoms with Gasteiger partial charge in [0.05, 0.1) is 5.69 Å². The third-order valence-electron chi connectivity index (χ3n) is 5.32. The maximum Gasteiger partial charge on any atom is 0.435 e.